The molecule has 8 heteroatoms. The number of hydrogen-bond donors (Lipinski definition) is 1. The summed E-state index contributed by atoms with van der Waals surface area (Å²) in [6.07, 6.45) is 0. The van der Waals surface area contributed by atoms with Gasteiger partial charge in [-0.05, 0) is 29.8 Å². The second kappa shape index (κ2) is 10.5. The van der Waals surface area contributed by atoms with Crippen molar-refractivity contribution in [2.45, 2.75) is 6.04 Å². The van der Waals surface area contributed by atoms with Crippen LogP contribution in [0.25, 0.3) is 10.9 Å². The quantitative estimate of drug-likeness (QED) is 0.604. The molecule has 1 amide bonds. The Morgan fingerprint density at radius 1 is 0.971 bits per heavy atom. The first-order chi connectivity index (χ1) is 16.7. The van der Waals surface area contributed by atoms with E-state index < -0.39 is 0 Å². The molecule has 1 aromatic heterocycles. The van der Waals surface area contributed by atoms with Gasteiger partial charge in [0.25, 0.3) is 5.91 Å². The van der Waals surface area contributed by atoms with E-state index >= 15 is 0 Å². The molecule has 2 aromatic carbocycles. The summed E-state index contributed by atoms with van der Waals surface area (Å²) in [5, 5.41) is 4.27. The molecule has 7 nitrogen and oxygen atoms in total. The number of aromatic nitrogens is 1. The highest BCUT2D eigenvalue weighted by Gasteiger charge is 2.25. The number of fused-ring (bicyclic) bond motifs is 1. The minimum absolute atomic E-state index is 0.0141. The standard InChI is InChI=1S/C26H29FN4O3/c27-20-5-3-4-19(16-20)24(30-8-12-33-13-9-30)18-28-25-17-22(21-6-1-2-7-23(21)29-25)26(32)31-10-14-34-15-11-31/h1-7,16-17,24H,8-15,18H2,(H,28,29). The molecule has 178 valence electrons. The summed E-state index contributed by atoms with van der Waals surface area (Å²) in [6.45, 7) is 5.64. The van der Waals surface area contributed by atoms with Crippen molar-refractivity contribution in [3.8, 4) is 0 Å². The Bertz CT molecular complexity index is 1150. The average molecular weight is 465 g/mol. The second-order valence-corrected chi connectivity index (χ2v) is 8.58. The van der Waals surface area contributed by atoms with E-state index in [4.69, 9.17) is 14.5 Å². The maximum atomic E-state index is 14.0. The smallest absolute Gasteiger partial charge is 0.254 e. The van der Waals surface area contributed by atoms with Crippen molar-refractivity contribution in [2.75, 3.05) is 64.5 Å². The van der Waals surface area contributed by atoms with E-state index in [-0.39, 0.29) is 17.8 Å². The molecule has 0 radical (unpaired) electrons. The fourth-order valence-electron chi connectivity index (χ4n) is 4.64. The molecule has 1 N–H and O–H groups in total. The Kier molecular flexibility index (Phi) is 6.99. The summed E-state index contributed by atoms with van der Waals surface area (Å²) >= 11 is 0. The van der Waals surface area contributed by atoms with E-state index in [1.165, 1.54) is 6.07 Å². The van der Waals surface area contributed by atoms with Gasteiger partial charge in [0.2, 0.25) is 0 Å². The summed E-state index contributed by atoms with van der Waals surface area (Å²) in [4.78, 5) is 22.3. The number of benzene rings is 2. The van der Waals surface area contributed by atoms with Gasteiger partial charge in [0.05, 0.1) is 43.5 Å². The second-order valence-electron chi connectivity index (χ2n) is 8.58. The van der Waals surface area contributed by atoms with Crippen molar-refractivity contribution in [1.82, 2.24) is 14.8 Å². The SMILES string of the molecule is O=C(c1cc(NCC(c2cccc(F)c2)N2CCOCC2)nc2ccccc12)N1CCOCC1. The van der Waals surface area contributed by atoms with Crippen LogP contribution in [0.2, 0.25) is 0 Å². The first kappa shape index (κ1) is 22.7. The number of pyridine rings is 1. The lowest BCUT2D eigenvalue weighted by Crippen LogP contribution is -2.41. The van der Waals surface area contributed by atoms with E-state index in [0.717, 1.165) is 29.6 Å². The van der Waals surface area contributed by atoms with Gasteiger partial charge in [-0.3, -0.25) is 9.69 Å². The predicted octanol–water partition coefficient (Wildman–Crippen LogP) is 3.33. The van der Waals surface area contributed by atoms with Gasteiger partial charge in [-0.2, -0.15) is 0 Å². The zero-order valence-corrected chi connectivity index (χ0v) is 19.1. The van der Waals surface area contributed by atoms with Gasteiger partial charge >= 0.3 is 0 Å². The van der Waals surface area contributed by atoms with E-state index in [9.17, 15) is 9.18 Å². The van der Waals surface area contributed by atoms with Crippen LogP contribution in [0.3, 0.4) is 0 Å². The molecular formula is C26H29FN4O3. The van der Waals surface area contributed by atoms with Crippen LogP contribution in [-0.2, 0) is 9.47 Å². The molecule has 0 spiro atoms. The van der Waals surface area contributed by atoms with Crippen molar-refractivity contribution in [3.05, 3.63) is 71.5 Å². The van der Waals surface area contributed by atoms with Gasteiger partial charge in [0.1, 0.15) is 11.6 Å². The maximum Gasteiger partial charge on any atom is 0.254 e. The molecule has 2 aliphatic rings. The lowest BCUT2D eigenvalue weighted by atomic mass is 10.0. The van der Waals surface area contributed by atoms with Crippen molar-refractivity contribution in [2.24, 2.45) is 0 Å². The van der Waals surface area contributed by atoms with E-state index in [2.05, 4.69) is 10.2 Å². The third kappa shape index (κ3) is 5.04. The summed E-state index contributed by atoms with van der Waals surface area (Å²) in [5.74, 6) is 0.364. The number of anilines is 1. The lowest BCUT2D eigenvalue weighted by molar-refractivity contribution is 0.0186. The molecule has 0 bridgehead atoms. The fraction of sp³-hybridized carbons (Fsp3) is 0.385. The minimum atomic E-state index is -0.252. The molecule has 3 heterocycles. The Morgan fingerprint density at radius 3 is 2.47 bits per heavy atom. The van der Waals surface area contributed by atoms with Gasteiger partial charge < -0.3 is 19.7 Å². The van der Waals surface area contributed by atoms with Gasteiger partial charge in [-0.25, -0.2) is 9.37 Å². The highest BCUT2D eigenvalue weighted by Crippen LogP contribution is 2.26. The molecule has 0 saturated carbocycles. The molecule has 1 unspecified atom stereocenters. The number of amides is 1. The Hall–Kier alpha value is -3.07. The van der Waals surface area contributed by atoms with Crippen LogP contribution in [0, 0.1) is 5.82 Å². The van der Waals surface area contributed by atoms with Crippen molar-refractivity contribution >= 4 is 22.6 Å². The molecule has 2 fully saturated rings. The normalized spacial score (nSPS) is 18.1. The Morgan fingerprint density at radius 2 is 1.71 bits per heavy atom. The number of carbonyl (C=O) groups excluding carboxylic acids is 1. The summed E-state index contributed by atoms with van der Waals surface area (Å²) < 4.78 is 25.0. The molecule has 2 saturated heterocycles. The Labute approximate surface area is 198 Å². The molecule has 1 atom stereocenters. The molecule has 34 heavy (non-hydrogen) atoms. The molecule has 0 aliphatic carbocycles. The highest BCUT2D eigenvalue weighted by atomic mass is 19.1. The predicted molar refractivity (Wildman–Crippen MR) is 128 cm³/mol. The van der Waals surface area contributed by atoms with Crippen LogP contribution >= 0.6 is 0 Å². The minimum Gasteiger partial charge on any atom is -0.379 e. The molecule has 5 rings (SSSR count). The van der Waals surface area contributed by atoms with Crippen molar-refractivity contribution < 1.29 is 18.7 Å². The van der Waals surface area contributed by atoms with E-state index in [1.807, 2.05) is 41.3 Å². The van der Waals surface area contributed by atoms with Crippen LogP contribution in [0.15, 0.2) is 54.6 Å². The van der Waals surface area contributed by atoms with Crippen molar-refractivity contribution in [1.29, 1.82) is 0 Å². The van der Waals surface area contributed by atoms with Gasteiger partial charge in [0.15, 0.2) is 0 Å². The molecular weight excluding hydrogens is 435 g/mol. The zero-order chi connectivity index (χ0) is 23.3. The van der Waals surface area contributed by atoms with Gasteiger partial charge in [0, 0.05) is 38.1 Å². The zero-order valence-electron chi connectivity index (χ0n) is 19.1. The number of carbonyl (C=O) groups is 1. The molecule has 2 aliphatic heterocycles. The van der Waals surface area contributed by atoms with E-state index in [0.29, 0.717) is 57.4 Å². The highest BCUT2D eigenvalue weighted by molar-refractivity contribution is 6.07. The summed E-state index contributed by atoms with van der Waals surface area (Å²) in [5.41, 5.74) is 2.29. The largest absolute Gasteiger partial charge is 0.379 e. The first-order valence-electron chi connectivity index (χ1n) is 11.8. The van der Waals surface area contributed by atoms with Crippen molar-refractivity contribution in [3.63, 3.8) is 0 Å². The van der Waals surface area contributed by atoms with Crippen LogP contribution in [0.5, 0.6) is 0 Å². The first-order valence-corrected chi connectivity index (χ1v) is 11.8. The number of hydrogen-bond acceptors (Lipinski definition) is 6. The topological polar surface area (TPSA) is 66.9 Å². The number of nitrogens with zero attached hydrogens (tertiary/aromatic N) is 3. The van der Waals surface area contributed by atoms with Crippen LogP contribution in [-0.4, -0.2) is 79.8 Å². The number of ether oxygens (including phenoxy) is 2. The van der Waals surface area contributed by atoms with E-state index in [1.54, 1.807) is 12.1 Å². The van der Waals surface area contributed by atoms with Crippen LogP contribution < -0.4 is 5.32 Å². The number of morpholine rings is 2. The summed E-state index contributed by atoms with van der Waals surface area (Å²) in [7, 11) is 0. The van der Waals surface area contributed by atoms with Gasteiger partial charge in [-0.1, -0.05) is 30.3 Å². The van der Waals surface area contributed by atoms with Gasteiger partial charge in [-0.15, -0.1) is 0 Å². The average Bonchev–Trinajstić information content (AvgIpc) is 2.89. The van der Waals surface area contributed by atoms with Crippen LogP contribution in [0.4, 0.5) is 10.2 Å². The summed E-state index contributed by atoms with van der Waals surface area (Å²) in [6, 6.07) is 16.2. The number of halogens is 1. The number of para-hydroxylation sites is 1. The molecule has 3 aromatic rings. The lowest BCUT2D eigenvalue weighted by Gasteiger charge is -2.35. The monoisotopic (exact) mass is 464 g/mol. The fourth-order valence-corrected chi connectivity index (χ4v) is 4.64. The Balaban J connectivity index is 1.43. The third-order valence-electron chi connectivity index (χ3n) is 6.44. The number of rotatable bonds is 6. The third-order valence-corrected chi connectivity index (χ3v) is 6.44. The van der Waals surface area contributed by atoms with Crippen LogP contribution in [0.1, 0.15) is 22.0 Å². The number of nitrogens with one attached hydrogen (secondary N) is 1. The maximum absolute atomic E-state index is 14.0.